The van der Waals surface area contributed by atoms with E-state index >= 15 is 0 Å². The number of halogens is 1. The van der Waals surface area contributed by atoms with Crippen molar-refractivity contribution in [3.63, 3.8) is 0 Å². The Kier molecular flexibility index (Phi) is 9.14. The van der Waals surface area contributed by atoms with Crippen LogP contribution in [-0.2, 0) is 4.79 Å². The third-order valence-corrected chi connectivity index (χ3v) is 5.82. The summed E-state index contributed by atoms with van der Waals surface area (Å²) in [5.41, 5.74) is 1.45. The Hall–Kier alpha value is -0.710. The fraction of sp³-hybridized carbons (Fsp3) is 0.650. The van der Waals surface area contributed by atoms with Gasteiger partial charge >= 0.3 is 0 Å². The minimum atomic E-state index is 0.317. The quantitative estimate of drug-likeness (QED) is 0.768. The monoisotopic (exact) mass is 382 g/mol. The van der Waals surface area contributed by atoms with Gasteiger partial charge in [0.25, 0.3) is 0 Å². The number of amides is 1. The molecule has 0 N–H and O–H groups in total. The van der Waals surface area contributed by atoms with Crippen LogP contribution in [0.4, 0.5) is 0 Å². The number of nitrogens with zero attached hydrogens (tertiary/aromatic N) is 2. The molecule has 0 aromatic heterocycles. The number of hydrogen-bond donors (Lipinski definition) is 0. The first-order valence-electron chi connectivity index (χ1n) is 9.31. The second kappa shape index (κ2) is 11.1. The SMILES string of the molecule is CN1CCC(c2ccc(Cl)cc2)CC1.CSCC(=O)N1CCCCC1. The van der Waals surface area contributed by atoms with Crippen LogP contribution in [0.25, 0.3) is 0 Å². The largest absolute Gasteiger partial charge is 0.342 e. The van der Waals surface area contributed by atoms with E-state index in [9.17, 15) is 4.79 Å². The van der Waals surface area contributed by atoms with Crippen molar-refractivity contribution in [2.24, 2.45) is 0 Å². The van der Waals surface area contributed by atoms with Crippen molar-refractivity contribution >= 4 is 29.3 Å². The van der Waals surface area contributed by atoms with E-state index in [1.807, 2.05) is 23.3 Å². The van der Waals surface area contributed by atoms with Crippen LogP contribution in [0.2, 0.25) is 5.02 Å². The number of carbonyl (C=O) groups excluding carboxylic acids is 1. The highest BCUT2D eigenvalue weighted by molar-refractivity contribution is 7.99. The Morgan fingerprint density at radius 1 is 1.08 bits per heavy atom. The average Bonchev–Trinajstić information content (AvgIpc) is 2.65. The fourth-order valence-electron chi connectivity index (χ4n) is 3.43. The van der Waals surface area contributed by atoms with Crippen molar-refractivity contribution in [3.8, 4) is 0 Å². The van der Waals surface area contributed by atoms with Gasteiger partial charge in [-0.15, -0.1) is 0 Å². The molecule has 0 radical (unpaired) electrons. The number of rotatable bonds is 3. The van der Waals surface area contributed by atoms with Gasteiger partial charge in [0.1, 0.15) is 0 Å². The van der Waals surface area contributed by atoms with Crippen molar-refractivity contribution in [2.75, 3.05) is 45.2 Å². The smallest absolute Gasteiger partial charge is 0.232 e. The number of hydrogen-bond acceptors (Lipinski definition) is 3. The maximum atomic E-state index is 11.3. The highest BCUT2D eigenvalue weighted by Gasteiger charge is 2.17. The molecule has 140 valence electrons. The van der Waals surface area contributed by atoms with Crippen LogP contribution in [0.15, 0.2) is 24.3 Å². The maximum Gasteiger partial charge on any atom is 0.232 e. The molecule has 3 nitrogen and oxygen atoms in total. The molecule has 0 spiro atoms. The van der Waals surface area contributed by atoms with E-state index in [2.05, 4.69) is 24.1 Å². The standard InChI is InChI=1S/C12H16ClN.C8H15NOS/c1-14-8-6-11(7-9-14)10-2-4-12(13)5-3-10;1-11-7-8(10)9-5-3-2-4-6-9/h2-5,11H,6-9H2,1H3;2-7H2,1H3. The Balaban J connectivity index is 0.000000186. The fourth-order valence-corrected chi connectivity index (χ4v) is 3.99. The summed E-state index contributed by atoms with van der Waals surface area (Å²) in [6.07, 6.45) is 8.21. The lowest BCUT2D eigenvalue weighted by Gasteiger charge is -2.29. The summed E-state index contributed by atoms with van der Waals surface area (Å²) in [7, 11) is 2.19. The number of thioether (sulfide) groups is 1. The molecular weight excluding hydrogens is 352 g/mol. The molecule has 0 atom stereocenters. The number of likely N-dealkylation sites (tertiary alicyclic amines) is 2. The van der Waals surface area contributed by atoms with Crippen LogP contribution in [0.1, 0.15) is 43.6 Å². The van der Waals surface area contributed by atoms with E-state index in [1.54, 1.807) is 11.8 Å². The van der Waals surface area contributed by atoms with Crippen LogP contribution >= 0.6 is 23.4 Å². The van der Waals surface area contributed by atoms with E-state index in [-0.39, 0.29) is 0 Å². The van der Waals surface area contributed by atoms with Gasteiger partial charge < -0.3 is 9.80 Å². The molecule has 0 saturated carbocycles. The minimum absolute atomic E-state index is 0.317. The van der Waals surface area contributed by atoms with Crippen molar-refractivity contribution in [1.82, 2.24) is 9.80 Å². The van der Waals surface area contributed by atoms with Gasteiger partial charge in [-0.05, 0) is 82.1 Å². The lowest BCUT2D eigenvalue weighted by atomic mass is 9.90. The third-order valence-electron chi connectivity index (χ3n) is 5.04. The molecule has 0 aliphatic carbocycles. The van der Waals surface area contributed by atoms with Gasteiger partial charge in [-0.25, -0.2) is 0 Å². The van der Waals surface area contributed by atoms with Gasteiger partial charge in [-0.1, -0.05) is 23.7 Å². The summed E-state index contributed by atoms with van der Waals surface area (Å²) < 4.78 is 0. The number of carbonyl (C=O) groups is 1. The zero-order valence-corrected chi connectivity index (χ0v) is 17.1. The molecule has 1 amide bonds. The summed E-state index contributed by atoms with van der Waals surface area (Å²) >= 11 is 7.48. The van der Waals surface area contributed by atoms with Crippen LogP contribution in [0, 0.1) is 0 Å². The van der Waals surface area contributed by atoms with Gasteiger partial charge in [0.15, 0.2) is 0 Å². The van der Waals surface area contributed by atoms with Gasteiger partial charge in [0.2, 0.25) is 5.91 Å². The van der Waals surface area contributed by atoms with Crippen LogP contribution < -0.4 is 0 Å². The summed E-state index contributed by atoms with van der Waals surface area (Å²) in [4.78, 5) is 15.7. The lowest BCUT2D eigenvalue weighted by Crippen LogP contribution is -2.36. The van der Waals surface area contributed by atoms with Gasteiger partial charge in [0.05, 0.1) is 5.75 Å². The number of piperidine rings is 2. The first-order valence-corrected chi connectivity index (χ1v) is 11.1. The molecule has 25 heavy (non-hydrogen) atoms. The molecule has 5 heteroatoms. The summed E-state index contributed by atoms with van der Waals surface area (Å²) in [6.45, 7) is 4.40. The van der Waals surface area contributed by atoms with Crippen molar-refractivity contribution in [1.29, 1.82) is 0 Å². The lowest BCUT2D eigenvalue weighted by molar-refractivity contribution is -0.129. The molecular formula is C20H31ClN2OS. The molecule has 2 fully saturated rings. The molecule has 1 aromatic rings. The normalized spacial score (nSPS) is 19.2. The highest BCUT2D eigenvalue weighted by atomic mass is 35.5. The second-order valence-corrected chi connectivity index (χ2v) is 8.31. The molecule has 1 aromatic carbocycles. The zero-order chi connectivity index (χ0) is 18.1. The van der Waals surface area contributed by atoms with Crippen molar-refractivity contribution in [3.05, 3.63) is 34.9 Å². The first kappa shape index (κ1) is 20.6. The third kappa shape index (κ3) is 7.20. The van der Waals surface area contributed by atoms with E-state index < -0.39 is 0 Å². The molecule has 2 aliphatic heterocycles. The molecule has 3 rings (SSSR count). The highest BCUT2D eigenvalue weighted by Crippen LogP contribution is 2.28. The molecule has 0 unspecified atom stereocenters. The molecule has 0 bridgehead atoms. The van der Waals surface area contributed by atoms with Gasteiger partial charge in [-0.2, -0.15) is 11.8 Å². The summed E-state index contributed by atoms with van der Waals surface area (Å²) in [5.74, 6) is 1.71. The Labute approximate surface area is 162 Å². The maximum absolute atomic E-state index is 11.3. The minimum Gasteiger partial charge on any atom is -0.342 e. The molecule has 2 heterocycles. The summed E-state index contributed by atoms with van der Waals surface area (Å²) in [5, 5.41) is 0.835. The van der Waals surface area contributed by atoms with E-state index in [0.29, 0.717) is 11.7 Å². The topological polar surface area (TPSA) is 23.6 Å². The Morgan fingerprint density at radius 2 is 1.68 bits per heavy atom. The Morgan fingerprint density at radius 3 is 2.24 bits per heavy atom. The average molecular weight is 383 g/mol. The Bertz CT molecular complexity index is 509. The second-order valence-electron chi connectivity index (χ2n) is 7.00. The van der Waals surface area contributed by atoms with E-state index in [0.717, 1.165) is 24.0 Å². The predicted octanol–water partition coefficient (Wildman–Crippen LogP) is 4.51. The van der Waals surface area contributed by atoms with Gasteiger partial charge in [0, 0.05) is 18.1 Å². The van der Waals surface area contributed by atoms with E-state index in [1.165, 1.54) is 50.8 Å². The van der Waals surface area contributed by atoms with Gasteiger partial charge in [-0.3, -0.25) is 4.79 Å². The summed E-state index contributed by atoms with van der Waals surface area (Å²) in [6, 6.07) is 8.32. The van der Waals surface area contributed by atoms with E-state index in [4.69, 9.17) is 11.6 Å². The molecule has 2 aliphatic rings. The zero-order valence-electron chi connectivity index (χ0n) is 15.5. The van der Waals surface area contributed by atoms with Crippen LogP contribution in [0.3, 0.4) is 0 Å². The first-order chi connectivity index (χ1) is 12.1. The van der Waals surface area contributed by atoms with Crippen LogP contribution in [-0.4, -0.2) is 60.9 Å². The number of benzene rings is 1. The predicted molar refractivity (Wildman–Crippen MR) is 110 cm³/mol. The van der Waals surface area contributed by atoms with Crippen molar-refractivity contribution < 1.29 is 4.79 Å². The van der Waals surface area contributed by atoms with Crippen LogP contribution in [0.5, 0.6) is 0 Å². The van der Waals surface area contributed by atoms with Crippen molar-refractivity contribution in [2.45, 2.75) is 38.0 Å². The molecule has 2 saturated heterocycles.